The van der Waals surface area contributed by atoms with Gasteiger partial charge in [-0.2, -0.15) is 0 Å². The van der Waals surface area contributed by atoms with Crippen molar-refractivity contribution >= 4 is 0 Å². The van der Waals surface area contributed by atoms with Crippen LogP contribution in [0, 0.1) is 0 Å². The molecule has 66 valence electrons. The van der Waals surface area contributed by atoms with Gasteiger partial charge in [0, 0.05) is 12.1 Å². The molecule has 0 aliphatic heterocycles. The number of hydrogen-bond acceptors (Lipinski definition) is 5. The number of nitrogens with two attached hydrogens (primary N) is 2. The molecule has 0 aromatic rings. The zero-order valence-corrected chi connectivity index (χ0v) is 6.09. The fraction of sp³-hybridized carbons (Fsp3) is 1.00. The number of rotatable bonds is 0. The van der Waals surface area contributed by atoms with E-state index in [2.05, 4.69) is 0 Å². The van der Waals surface area contributed by atoms with E-state index in [1.54, 1.807) is 0 Å². The normalized spacial score (nSPS) is 52.6. The second kappa shape index (κ2) is 3.04. The van der Waals surface area contributed by atoms with Crippen molar-refractivity contribution in [3.05, 3.63) is 0 Å². The highest BCUT2D eigenvalue weighted by Gasteiger charge is 2.39. The van der Waals surface area contributed by atoms with Gasteiger partial charge in [-0.15, -0.1) is 0 Å². The molecule has 0 saturated heterocycles. The molecule has 0 radical (unpaired) electrons. The van der Waals surface area contributed by atoms with Crippen molar-refractivity contribution in [3.63, 3.8) is 0 Å². The molecule has 0 amide bonds. The Hall–Kier alpha value is -0.200. The van der Waals surface area contributed by atoms with Gasteiger partial charge in [-0.05, 0) is 6.42 Å². The van der Waals surface area contributed by atoms with Crippen LogP contribution in [0.5, 0.6) is 0 Å². The van der Waals surface area contributed by atoms with Crippen LogP contribution >= 0.6 is 0 Å². The molecule has 11 heavy (non-hydrogen) atoms. The second-order valence-corrected chi connectivity index (χ2v) is 3.04. The molecular formula is C6H14N2O3. The smallest absolute Gasteiger partial charge is 0.109 e. The summed E-state index contributed by atoms with van der Waals surface area (Å²) in [5.74, 6) is 0. The van der Waals surface area contributed by atoms with Crippen LogP contribution in [0.1, 0.15) is 6.42 Å². The van der Waals surface area contributed by atoms with Crippen molar-refractivity contribution in [2.75, 3.05) is 0 Å². The molecule has 5 atom stereocenters. The number of aliphatic hydroxyl groups is 3. The summed E-state index contributed by atoms with van der Waals surface area (Å²) in [5, 5.41) is 27.4. The van der Waals surface area contributed by atoms with Crippen LogP contribution < -0.4 is 11.5 Å². The fourth-order valence-electron chi connectivity index (χ4n) is 1.30. The number of aliphatic hydroxyl groups excluding tert-OH is 3. The largest absolute Gasteiger partial charge is 0.389 e. The first-order chi connectivity index (χ1) is 5.04. The third-order valence-electron chi connectivity index (χ3n) is 2.12. The average molecular weight is 162 g/mol. The molecular weight excluding hydrogens is 148 g/mol. The lowest BCUT2D eigenvalue weighted by Crippen LogP contribution is -2.61. The highest BCUT2D eigenvalue weighted by molar-refractivity contribution is 4.96. The molecule has 5 nitrogen and oxygen atoms in total. The Bertz CT molecular complexity index is 130. The van der Waals surface area contributed by atoms with Gasteiger partial charge in [0.1, 0.15) is 6.10 Å². The van der Waals surface area contributed by atoms with E-state index in [4.69, 9.17) is 26.8 Å². The van der Waals surface area contributed by atoms with E-state index in [0.29, 0.717) is 6.42 Å². The summed E-state index contributed by atoms with van der Waals surface area (Å²) in [5.41, 5.74) is 10.8. The van der Waals surface area contributed by atoms with E-state index in [9.17, 15) is 0 Å². The maximum atomic E-state index is 9.14. The number of hydrogen-bond donors (Lipinski definition) is 5. The topological polar surface area (TPSA) is 113 Å². The zero-order chi connectivity index (χ0) is 8.59. The van der Waals surface area contributed by atoms with Crippen molar-refractivity contribution in [2.24, 2.45) is 11.5 Å². The van der Waals surface area contributed by atoms with E-state index in [-0.39, 0.29) is 0 Å². The summed E-state index contributed by atoms with van der Waals surface area (Å²) in [6.45, 7) is 0. The lowest BCUT2D eigenvalue weighted by Gasteiger charge is -2.37. The van der Waals surface area contributed by atoms with Crippen LogP contribution in [-0.4, -0.2) is 45.7 Å². The van der Waals surface area contributed by atoms with E-state index in [0.717, 1.165) is 0 Å². The summed E-state index contributed by atoms with van der Waals surface area (Å²) in [7, 11) is 0. The van der Waals surface area contributed by atoms with Gasteiger partial charge in [0.2, 0.25) is 0 Å². The zero-order valence-electron chi connectivity index (χ0n) is 6.09. The van der Waals surface area contributed by atoms with Crippen molar-refractivity contribution in [2.45, 2.75) is 36.8 Å². The molecule has 1 saturated carbocycles. The Balaban J connectivity index is 2.63. The molecule has 5 heteroatoms. The third kappa shape index (κ3) is 1.52. The van der Waals surface area contributed by atoms with Gasteiger partial charge in [-0.1, -0.05) is 0 Å². The molecule has 1 fully saturated rings. The van der Waals surface area contributed by atoms with Gasteiger partial charge in [0.15, 0.2) is 0 Å². The minimum atomic E-state index is -1.21. The molecule has 7 N–H and O–H groups in total. The summed E-state index contributed by atoms with van der Waals surface area (Å²) in [6.07, 6.45) is -3.01. The molecule has 1 aliphatic rings. The van der Waals surface area contributed by atoms with Gasteiger partial charge in [0.25, 0.3) is 0 Å². The van der Waals surface area contributed by atoms with Crippen LogP contribution in [0.15, 0.2) is 0 Å². The quantitative estimate of drug-likeness (QED) is 0.263. The predicted octanol–water partition coefficient (Wildman–Crippen LogP) is -2.87. The van der Waals surface area contributed by atoms with Gasteiger partial charge >= 0.3 is 0 Å². The first-order valence-corrected chi connectivity index (χ1v) is 3.59. The van der Waals surface area contributed by atoms with Gasteiger partial charge in [-0.3, -0.25) is 0 Å². The maximum absolute atomic E-state index is 9.14. The van der Waals surface area contributed by atoms with Crippen LogP contribution in [0.3, 0.4) is 0 Å². The first kappa shape index (κ1) is 8.89. The first-order valence-electron chi connectivity index (χ1n) is 3.59. The highest BCUT2D eigenvalue weighted by Crippen LogP contribution is 2.17. The Morgan fingerprint density at radius 3 is 1.55 bits per heavy atom. The van der Waals surface area contributed by atoms with Gasteiger partial charge < -0.3 is 26.8 Å². The second-order valence-electron chi connectivity index (χ2n) is 3.04. The van der Waals surface area contributed by atoms with E-state index in [1.807, 2.05) is 0 Å². The van der Waals surface area contributed by atoms with E-state index in [1.165, 1.54) is 0 Å². The molecule has 1 rings (SSSR count). The standard InChI is InChI=1S/C6H14N2O3/c7-2-1-3(8)5(10)6(11)4(2)9/h2-6,9-11H,1,7-8H2/t2-,3+,4-,5+,6?. The molecule has 0 aromatic heterocycles. The summed E-state index contributed by atoms with van der Waals surface area (Å²) in [4.78, 5) is 0. The SMILES string of the molecule is N[C@@H]1C[C@H](N)[C@H](O)C(O)[C@@H]1O. The lowest BCUT2D eigenvalue weighted by atomic mass is 9.85. The van der Waals surface area contributed by atoms with Crippen molar-refractivity contribution in [3.8, 4) is 0 Å². The Kier molecular flexibility index (Phi) is 2.46. The molecule has 1 unspecified atom stereocenters. The van der Waals surface area contributed by atoms with Crippen molar-refractivity contribution < 1.29 is 15.3 Å². The Morgan fingerprint density at radius 2 is 1.18 bits per heavy atom. The van der Waals surface area contributed by atoms with E-state index < -0.39 is 30.4 Å². The molecule has 1 aliphatic carbocycles. The summed E-state index contributed by atoms with van der Waals surface area (Å²) >= 11 is 0. The molecule has 0 bridgehead atoms. The minimum absolute atomic E-state index is 0.333. The fourth-order valence-corrected chi connectivity index (χ4v) is 1.30. The van der Waals surface area contributed by atoms with Crippen LogP contribution in [-0.2, 0) is 0 Å². The lowest BCUT2D eigenvalue weighted by molar-refractivity contribution is -0.100. The maximum Gasteiger partial charge on any atom is 0.109 e. The average Bonchev–Trinajstić information content (AvgIpc) is 1.97. The minimum Gasteiger partial charge on any atom is -0.389 e. The Morgan fingerprint density at radius 1 is 0.818 bits per heavy atom. The highest BCUT2D eigenvalue weighted by atomic mass is 16.4. The van der Waals surface area contributed by atoms with Crippen molar-refractivity contribution in [1.82, 2.24) is 0 Å². The van der Waals surface area contributed by atoms with Crippen LogP contribution in [0.25, 0.3) is 0 Å². The summed E-state index contributed by atoms with van der Waals surface area (Å²) < 4.78 is 0. The molecule has 0 spiro atoms. The monoisotopic (exact) mass is 162 g/mol. The van der Waals surface area contributed by atoms with Gasteiger partial charge in [-0.25, -0.2) is 0 Å². The predicted molar refractivity (Wildman–Crippen MR) is 38.6 cm³/mol. The Labute approximate surface area is 64.6 Å². The van der Waals surface area contributed by atoms with E-state index >= 15 is 0 Å². The van der Waals surface area contributed by atoms with Crippen LogP contribution in [0.2, 0.25) is 0 Å². The van der Waals surface area contributed by atoms with Crippen LogP contribution in [0.4, 0.5) is 0 Å². The van der Waals surface area contributed by atoms with Gasteiger partial charge in [0.05, 0.1) is 12.2 Å². The van der Waals surface area contributed by atoms with Crippen molar-refractivity contribution in [1.29, 1.82) is 0 Å². The molecule has 0 heterocycles. The third-order valence-corrected chi connectivity index (χ3v) is 2.12. The summed E-state index contributed by atoms with van der Waals surface area (Å²) in [6, 6.07) is -1.08. The molecule has 0 aromatic carbocycles.